The molecule has 3 amide bonds. The van der Waals surface area contributed by atoms with Gasteiger partial charge in [0.05, 0.1) is 28.4 Å². The van der Waals surface area contributed by atoms with E-state index in [1.54, 1.807) is 0 Å². The second-order valence-electron chi connectivity index (χ2n) is 9.76. The summed E-state index contributed by atoms with van der Waals surface area (Å²) in [5.74, 6) is -2.40. The predicted octanol–water partition coefficient (Wildman–Crippen LogP) is 6.26. The van der Waals surface area contributed by atoms with E-state index in [0.29, 0.717) is 0 Å². The lowest BCUT2D eigenvalue weighted by molar-refractivity contribution is -0.274. The average Bonchev–Trinajstić information content (AvgIpc) is 3.04. The van der Waals surface area contributed by atoms with E-state index in [1.807, 2.05) is 0 Å². The van der Waals surface area contributed by atoms with E-state index < -0.39 is 54.2 Å². The van der Waals surface area contributed by atoms with Crippen molar-refractivity contribution in [2.45, 2.75) is 18.6 Å². The number of halogens is 8. The van der Waals surface area contributed by atoms with Gasteiger partial charge in [-0.2, -0.15) is 13.2 Å². The van der Waals surface area contributed by atoms with E-state index in [2.05, 4.69) is 10.1 Å². The Morgan fingerprint density at radius 1 is 0.932 bits per heavy atom. The molecule has 1 unspecified atom stereocenters. The molecule has 5 rings (SSSR count). The molecule has 0 saturated carbocycles. The van der Waals surface area contributed by atoms with Crippen molar-refractivity contribution >= 4 is 46.6 Å². The normalized spacial score (nSPS) is 17.0. The number of piperazine rings is 1. The second-order valence-corrected chi connectivity index (χ2v) is 10.6. The minimum absolute atomic E-state index is 0.0159. The molecule has 1 fully saturated rings. The van der Waals surface area contributed by atoms with Gasteiger partial charge in [-0.1, -0.05) is 29.3 Å². The molecule has 16 heteroatoms. The molecular weight excluding hydrogens is 643 g/mol. The van der Waals surface area contributed by atoms with Gasteiger partial charge in [0.15, 0.2) is 6.61 Å². The fourth-order valence-corrected chi connectivity index (χ4v) is 5.26. The van der Waals surface area contributed by atoms with Crippen molar-refractivity contribution in [1.82, 2.24) is 9.80 Å². The van der Waals surface area contributed by atoms with Crippen LogP contribution in [-0.2, 0) is 15.8 Å². The summed E-state index contributed by atoms with van der Waals surface area (Å²) in [6.07, 6.45) is -9.57. The third-order valence-corrected chi connectivity index (χ3v) is 7.36. The highest BCUT2D eigenvalue weighted by Gasteiger charge is 2.41. The number of anilines is 1. The molecule has 0 spiro atoms. The second kappa shape index (κ2) is 11.7. The van der Waals surface area contributed by atoms with Crippen LogP contribution in [0, 0.1) is 0 Å². The third kappa shape index (κ3) is 6.81. The van der Waals surface area contributed by atoms with Crippen LogP contribution in [0.4, 0.5) is 32.0 Å². The zero-order valence-corrected chi connectivity index (χ0v) is 23.6. The molecule has 2 aliphatic heterocycles. The number of nitrogens with zero attached hydrogens (tertiary/aromatic N) is 2. The number of alkyl halides is 6. The summed E-state index contributed by atoms with van der Waals surface area (Å²) in [6.45, 7) is -0.797. The predicted molar refractivity (Wildman–Crippen MR) is 146 cm³/mol. The zero-order chi connectivity index (χ0) is 32.0. The molecule has 0 aromatic heterocycles. The van der Waals surface area contributed by atoms with Crippen molar-refractivity contribution in [3.8, 4) is 22.6 Å². The molecular formula is C28H19Cl2F6N3O5. The van der Waals surface area contributed by atoms with Gasteiger partial charge in [0.25, 0.3) is 11.8 Å². The van der Waals surface area contributed by atoms with E-state index in [-0.39, 0.29) is 57.8 Å². The number of amides is 3. The van der Waals surface area contributed by atoms with Crippen LogP contribution in [0.25, 0.3) is 11.1 Å². The minimum atomic E-state index is -4.92. The number of hydrogen-bond donors (Lipinski definition) is 1. The maximum Gasteiger partial charge on any atom is 0.573 e. The molecule has 8 nitrogen and oxygen atoms in total. The van der Waals surface area contributed by atoms with Crippen molar-refractivity contribution in [3.05, 3.63) is 75.8 Å². The van der Waals surface area contributed by atoms with Crippen molar-refractivity contribution in [1.29, 1.82) is 0 Å². The number of carbonyl (C=O) groups is 3. The number of rotatable bonds is 5. The van der Waals surface area contributed by atoms with Gasteiger partial charge in [0.1, 0.15) is 17.5 Å². The van der Waals surface area contributed by atoms with Gasteiger partial charge in [-0.25, -0.2) is 0 Å². The fraction of sp³-hybridized carbons (Fsp3) is 0.250. The molecule has 0 radical (unpaired) electrons. The van der Waals surface area contributed by atoms with Crippen molar-refractivity contribution < 1.29 is 50.2 Å². The molecule has 1 atom stereocenters. The van der Waals surface area contributed by atoms with Crippen molar-refractivity contribution in [3.63, 3.8) is 0 Å². The van der Waals surface area contributed by atoms with E-state index in [4.69, 9.17) is 27.9 Å². The number of nitrogens with one attached hydrogen (secondary N) is 1. The summed E-state index contributed by atoms with van der Waals surface area (Å²) in [4.78, 5) is 42.1. The Balaban J connectivity index is 1.29. The first-order valence-electron chi connectivity index (χ1n) is 12.7. The Kier molecular flexibility index (Phi) is 8.33. The topological polar surface area (TPSA) is 88.2 Å². The Labute approximate surface area is 255 Å². The van der Waals surface area contributed by atoms with E-state index in [9.17, 15) is 40.7 Å². The van der Waals surface area contributed by atoms with Gasteiger partial charge in [-0.15, -0.1) is 13.2 Å². The SMILES string of the molecule is O=C1Nc2ccc(-c3cc(Cl)cc(C(F)(F)F)c3)cc2C(=O)N2CCN(C(=O)COc3ccc(OC(F)(F)F)cc3Cl)CC12. The summed E-state index contributed by atoms with van der Waals surface area (Å²) in [5.41, 5.74) is -0.396. The van der Waals surface area contributed by atoms with Crippen molar-refractivity contribution in [2.24, 2.45) is 0 Å². The van der Waals surface area contributed by atoms with Crippen LogP contribution in [-0.4, -0.2) is 66.2 Å². The van der Waals surface area contributed by atoms with E-state index in [0.717, 1.165) is 30.3 Å². The summed E-state index contributed by atoms with van der Waals surface area (Å²) >= 11 is 11.9. The van der Waals surface area contributed by atoms with Crippen LogP contribution in [0.3, 0.4) is 0 Å². The molecule has 0 bridgehead atoms. The van der Waals surface area contributed by atoms with Crippen LogP contribution in [0.5, 0.6) is 11.5 Å². The van der Waals surface area contributed by atoms with Gasteiger partial charge in [-0.05, 0) is 53.6 Å². The first-order valence-corrected chi connectivity index (χ1v) is 13.4. The maximum absolute atomic E-state index is 13.5. The first kappa shape index (κ1) is 31.3. The standard InChI is InChI=1S/C28H19Cl2F6N3O5/c29-17-8-15(7-16(10-17)27(31,32)33)14-1-3-21-19(9-14)26(42)39-6-5-38(12-22(39)25(41)37-21)24(40)13-43-23-4-2-18(11-20(23)30)44-28(34,35)36/h1-4,7-11,22H,5-6,12-13H2,(H,37,41). The van der Waals surface area contributed by atoms with Gasteiger partial charge in [0.2, 0.25) is 5.91 Å². The molecule has 1 N–H and O–H groups in total. The van der Waals surface area contributed by atoms with Gasteiger partial charge >= 0.3 is 12.5 Å². The van der Waals surface area contributed by atoms with E-state index >= 15 is 0 Å². The first-order chi connectivity index (χ1) is 20.6. The zero-order valence-electron chi connectivity index (χ0n) is 22.1. The van der Waals surface area contributed by atoms with Gasteiger partial charge in [-0.3, -0.25) is 14.4 Å². The molecule has 2 aliphatic rings. The van der Waals surface area contributed by atoms with Gasteiger partial charge in [0, 0.05) is 24.2 Å². The highest BCUT2D eigenvalue weighted by Crippen LogP contribution is 2.37. The summed E-state index contributed by atoms with van der Waals surface area (Å²) in [5, 5.41) is 2.26. The lowest BCUT2D eigenvalue weighted by atomic mass is 9.99. The number of carbonyl (C=O) groups excluding carboxylic acids is 3. The Bertz CT molecular complexity index is 1650. The number of hydrogen-bond acceptors (Lipinski definition) is 5. The number of fused-ring (bicyclic) bond motifs is 2. The Hall–Kier alpha value is -4.17. The quantitative estimate of drug-likeness (QED) is 0.326. The maximum atomic E-state index is 13.5. The van der Waals surface area contributed by atoms with Crippen molar-refractivity contribution in [2.75, 3.05) is 31.6 Å². The molecule has 3 aromatic carbocycles. The summed E-state index contributed by atoms with van der Waals surface area (Å²) in [7, 11) is 0. The molecule has 232 valence electrons. The lowest BCUT2D eigenvalue weighted by Gasteiger charge is -2.39. The highest BCUT2D eigenvalue weighted by molar-refractivity contribution is 6.32. The molecule has 44 heavy (non-hydrogen) atoms. The fourth-order valence-electron chi connectivity index (χ4n) is 4.80. The van der Waals surface area contributed by atoms with E-state index in [1.165, 1.54) is 34.1 Å². The molecule has 3 aromatic rings. The monoisotopic (exact) mass is 661 g/mol. The van der Waals surface area contributed by atoms with Gasteiger partial charge < -0.3 is 24.6 Å². The molecule has 1 saturated heterocycles. The lowest BCUT2D eigenvalue weighted by Crippen LogP contribution is -2.60. The minimum Gasteiger partial charge on any atom is -0.482 e. The van der Waals surface area contributed by atoms with Crippen LogP contribution in [0.2, 0.25) is 10.0 Å². The summed E-state index contributed by atoms with van der Waals surface area (Å²) in [6, 6.07) is 9.07. The third-order valence-electron chi connectivity index (χ3n) is 6.85. The largest absolute Gasteiger partial charge is 0.573 e. The molecule has 0 aliphatic carbocycles. The van der Waals surface area contributed by atoms with Crippen LogP contribution >= 0.6 is 23.2 Å². The smallest absolute Gasteiger partial charge is 0.482 e. The van der Waals surface area contributed by atoms with Crippen LogP contribution in [0.1, 0.15) is 15.9 Å². The molecule has 2 heterocycles. The number of benzene rings is 3. The Morgan fingerprint density at radius 2 is 1.68 bits per heavy atom. The number of ether oxygens (including phenoxy) is 2. The van der Waals surface area contributed by atoms with Crippen LogP contribution in [0.15, 0.2) is 54.6 Å². The highest BCUT2D eigenvalue weighted by atomic mass is 35.5. The Morgan fingerprint density at radius 3 is 2.36 bits per heavy atom. The summed E-state index contributed by atoms with van der Waals surface area (Å²) < 4.78 is 86.4. The van der Waals surface area contributed by atoms with Crippen LogP contribution < -0.4 is 14.8 Å². The average molecular weight is 662 g/mol.